The molecule has 1 fully saturated rings. The summed E-state index contributed by atoms with van der Waals surface area (Å²) in [4.78, 5) is 11.4. The summed E-state index contributed by atoms with van der Waals surface area (Å²) in [6, 6.07) is 0. The third kappa shape index (κ3) is 7.23. The highest BCUT2D eigenvalue weighted by atomic mass is 16.7. The van der Waals surface area contributed by atoms with Crippen LogP contribution in [0.5, 0.6) is 0 Å². The van der Waals surface area contributed by atoms with E-state index in [-0.39, 0.29) is 18.2 Å². The van der Waals surface area contributed by atoms with Crippen LogP contribution < -0.4 is 0 Å². The van der Waals surface area contributed by atoms with E-state index in [1.807, 2.05) is 13.8 Å². The summed E-state index contributed by atoms with van der Waals surface area (Å²) in [5, 5.41) is 0. The topological polar surface area (TPSA) is 44.8 Å². The molecule has 0 spiro atoms. The Labute approximate surface area is 134 Å². The van der Waals surface area contributed by atoms with Gasteiger partial charge < -0.3 is 14.2 Å². The van der Waals surface area contributed by atoms with Gasteiger partial charge in [-0.1, -0.05) is 31.9 Å². The predicted molar refractivity (Wildman–Crippen MR) is 87.5 cm³/mol. The molecule has 0 unspecified atom stereocenters. The van der Waals surface area contributed by atoms with Crippen LogP contribution in [0.2, 0.25) is 0 Å². The Morgan fingerprint density at radius 3 is 2.64 bits per heavy atom. The molecular formula is C18H30O4. The fourth-order valence-corrected chi connectivity index (χ4v) is 2.43. The molecular weight excluding hydrogens is 280 g/mol. The van der Waals surface area contributed by atoms with Gasteiger partial charge in [0.25, 0.3) is 0 Å². The largest absolute Gasteiger partial charge is 0.463 e. The fourth-order valence-electron chi connectivity index (χ4n) is 2.43. The SMILES string of the molecule is CCCCC/C=C\C[C@H]1OC(C)(C)O[C@H]1/C=C/C(=O)OCC. The van der Waals surface area contributed by atoms with Crippen LogP contribution in [0.15, 0.2) is 24.3 Å². The van der Waals surface area contributed by atoms with E-state index in [1.165, 1.54) is 25.3 Å². The zero-order valence-corrected chi connectivity index (χ0v) is 14.3. The number of hydrogen-bond acceptors (Lipinski definition) is 4. The number of rotatable bonds is 9. The lowest BCUT2D eigenvalue weighted by molar-refractivity contribution is -0.143. The highest BCUT2D eigenvalue weighted by molar-refractivity contribution is 5.81. The zero-order chi connectivity index (χ0) is 16.4. The molecule has 1 aliphatic heterocycles. The zero-order valence-electron chi connectivity index (χ0n) is 14.3. The van der Waals surface area contributed by atoms with Gasteiger partial charge in [0, 0.05) is 6.08 Å². The summed E-state index contributed by atoms with van der Waals surface area (Å²) in [5.74, 6) is -0.964. The van der Waals surface area contributed by atoms with Crippen LogP contribution in [-0.2, 0) is 19.0 Å². The van der Waals surface area contributed by atoms with Crippen molar-refractivity contribution in [2.75, 3.05) is 6.61 Å². The van der Waals surface area contributed by atoms with E-state index in [0.29, 0.717) is 6.61 Å². The van der Waals surface area contributed by atoms with Gasteiger partial charge in [-0.25, -0.2) is 4.79 Å². The van der Waals surface area contributed by atoms with Crippen LogP contribution in [0.25, 0.3) is 0 Å². The Morgan fingerprint density at radius 1 is 1.18 bits per heavy atom. The molecule has 4 nitrogen and oxygen atoms in total. The van der Waals surface area contributed by atoms with Crippen molar-refractivity contribution < 1.29 is 19.0 Å². The first kappa shape index (κ1) is 18.9. The standard InChI is InChI=1S/C18H30O4/c1-5-7-8-9-10-11-12-15-16(22-18(3,4)21-15)13-14-17(19)20-6-2/h10-11,13-16H,5-9,12H2,1-4H3/b11-10-,14-13+/t15-,16+/m1/s1. The van der Waals surface area contributed by atoms with Gasteiger partial charge in [-0.2, -0.15) is 0 Å². The summed E-state index contributed by atoms with van der Waals surface area (Å²) in [7, 11) is 0. The third-order valence-corrected chi connectivity index (χ3v) is 3.44. The van der Waals surface area contributed by atoms with Crippen LogP contribution >= 0.6 is 0 Å². The Bertz CT molecular complexity index is 385. The molecule has 1 rings (SSSR count). The van der Waals surface area contributed by atoms with Crippen LogP contribution in [0.4, 0.5) is 0 Å². The molecule has 0 aromatic heterocycles. The molecule has 0 aromatic carbocycles. The van der Waals surface area contributed by atoms with Crippen LogP contribution in [0.1, 0.15) is 59.8 Å². The van der Waals surface area contributed by atoms with Crippen molar-refractivity contribution >= 4 is 5.97 Å². The number of esters is 1. The van der Waals surface area contributed by atoms with E-state index in [0.717, 1.165) is 12.8 Å². The molecule has 0 radical (unpaired) electrons. The molecule has 1 heterocycles. The molecule has 0 amide bonds. The highest BCUT2D eigenvalue weighted by Gasteiger charge is 2.39. The maximum absolute atomic E-state index is 11.4. The normalized spacial score (nSPS) is 24.4. The summed E-state index contributed by atoms with van der Waals surface area (Å²) in [5.41, 5.74) is 0. The second-order valence-corrected chi connectivity index (χ2v) is 5.95. The Morgan fingerprint density at radius 2 is 1.95 bits per heavy atom. The smallest absolute Gasteiger partial charge is 0.330 e. The van der Waals surface area contributed by atoms with Gasteiger partial charge in [0.1, 0.15) is 6.10 Å². The Hall–Kier alpha value is -1.13. The third-order valence-electron chi connectivity index (χ3n) is 3.44. The fraction of sp³-hybridized carbons (Fsp3) is 0.722. The van der Waals surface area contributed by atoms with Crippen LogP contribution in [0.3, 0.4) is 0 Å². The first-order valence-electron chi connectivity index (χ1n) is 8.34. The molecule has 1 saturated heterocycles. The molecule has 0 N–H and O–H groups in total. The minimum atomic E-state index is -0.621. The lowest BCUT2D eigenvalue weighted by Gasteiger charge is -2.16. The Kier molecular flexibility index (Phi) is 8.43. The average molecular weight is 310 g/mol. The van der Waals surface area contributed by atoms with Crippen molar-refractivity contribution in [3.05, 3.63) is 24.3 Å². The molecule has 126 valence electrons. The minimum Gasteiger partial charge on any atom is -0.463 e. The number of allylic oxidation sites excluding steroid dienone is 1. The summed E-state index contributed by atoms with van der Waals surface area (Å²) < 4.78 is 16.6. The van der Waals surface area contributed by atoms with Gasteiger partial charge in [-0.15, -0.1) is 0 Å². The average Bonchev–Trinajstić information content (AvgIpc) is 2.75. The van der Waals surface area contributed by atoms with E-state index in [9.17, 15) is 4.79 Å². The van der Waals surface area contributed by atoms with E-state index in [1.54, 1.807) is 13.0 Å². The number of hydrogen-bond donors (Lipinski definition) is 0. The number of carbonyl (C=O) groups excluding carboxylic acids is 1. The molecule has 0 aromatic rings. The maximum Gasteiger partial charge on any atom is 0.330 e. The molecule has 22 heavy (non-hydrogen) atoms. The van der Waals surface area contributed by atoms with Crippen molar-refractivity contribution in [2.45, 2.75) is 77.8 Å². The highest BCUT2D eigenvalue weighted by Crippen LogP contribution is 2.30. The van der Waals surface area contributed by atoms with Crippen molar-refractivity contribution in [1.82, 2.24) is 0 Å². The predicted octanol–water partition coefficient (Wildman–Crippen LogP) is 4.15. The lowest BCUT2D eigenvalue weighted by atomic mass is 10.1. The van der Waals surface area contributed by atoms with Crippen LogP contribution in [0, 0.1) is 0 Å². The molecule has 4 heteroatoms. The van der Waals surface area contributed by atoms with Crippen molar-refractivity contribution in [3.8, 4) is 0 Å². The van der Waals surface area contributed by atoms with Gasteiger partial charge >= 0.3 is 5.97 Å². The summed E-state index contributed by atoms with van der Waals surface area (Å²) in [6.45, 7) is 8.15. The van der Waals surface area contributed by atoms with Crippen molar-refractivity contribution in [3.63, 3.8) is 0 Å². The first-order chi connectivity index (χ1) is 10.5. The first-order valence-corrected chi connectivity index (χ1v) is 8.34. The molecule has 0 aliphatic carbocycles. The second kappa shape index (κ2) is 9.80. The number of carbonyl (C=O) groups is 1. The van der Waals surface area contributed by atoms with Crippen LogP contribution in [-0.4, -0.2) is 30.6 Å². The molecule has 2 atom stereocenters. The minimum absolute atomic E-state index is 0.0666. The van der Waals surface area contributed by atoms with Gasteiger partial charge in [0.05, 0.1) is 12.7 Å². The molecule has 0 saturated carbocycles. The molecule has 0 bridgehead atoms. The Balaban J connectivity index is 2.49. The van der Waals surface area contributed by atoms with Gasteiger partial charge in [0.15, 0.2) is 5.79 Å². The van der Waals surface area contributed by atoms with E-state index < -0.39 is 5.79 Å². The second-order valence-electron chi connectivity index (χ2n) is 5.95. The lowest BCUT2D eigenvalue weighted by Crippen LogP contribution is -2.21. The van der Waals surface area contributed by atoms with Crippen molar-refractivity contribution in [1.29, 1.82) is 0 Å². The molecule has 1 aliphatic rings. The van der Waals surface area contributed by atoms with Gasteiger partial charge in [-0.3, -0.25) is 0 Å². The van der Waals surface area contributed by atoms with E-state index in [2.05, 4.69) is 19.1 Å². The maximum atomic E-state index is 11.4. The van der Waals surface area contributed by atoms with E-state index >= 15 is 0 Å². The monoisotopic (exact) mass is 310 g/mol. The quantitative estimate of drug-likeness (QED) is 0.278. The summed E-state index contributed by atoms with van der Waals surface area (Å²) >= 11 is 0. The number of ether oxygens (including phenoxy) is 3. The van der Waals surface area contributed by atoms with Gasteiger partial charge in [-0.05, 0) is 46.1 Å². The number of unbranched alkanes of at least 4 members (excludes halogenated alkanes) is 3. The van der Waals surface area contributed by atoms with Crippen molar-refractivity contribution in [2.24, 2.45) is 0 Å². The van der Waals surface area contributed by atoms with Gasteiger partial charge in [0.2, 0.25) is 0 Å². The summed E-state index contributed by atoms with van der Waals surface area (Å²) in [6.07, 6.45) is 12.9. The van der Waals surface area contributed by atoms with E-state index in [4.69, 9.17) is 14.2 Å².